The Bertz CT molecular complexity index is 250. The van der Waals surface area contributed by atoms with Gasteiger partial charge in [0.25, 0.3) is 0 Å². The molecule has 0 aromatic heterocycles. The highest BCUT2D eigenvalue weighted by Crippen LogP contribution is 2.46. The van der Waals surface area contributed by atoms with E-state index < -0.39 is 5.60 Å². The molecule has 0 aromatic carbocycles. The molecule has 3 heteroatoms. The first-order valence-corrected chi connectivity index (χ1v) is 7.71. The van der Waals surface area contributed by atoms with Gasteiger partial charge < -0.3 is 10.8 Å². The highest BCUT2D eigenvalue weighted by atomic mass is 32.2. The number of rotatable bonds is 2. The van der Waals surface area contributed by atoms with Crippen molar-refractivity contribution in [3.63, 3.8) is 0 Å². The fourth-order valence-electron chi connectivity index (χ4n) is 3.26. The fraction of sp³-hybridized carbons (Fsp3) is 1.00. The minimum atomic E-state index is -0.594. The van der Waals surface area contributed by atoms with Gasteiger partial charge >= 0.3 is 0 Å². The van der Waals surface area contributed by atoms with Crippen LogP contribution in [0.3, 0.4) is 0 Å². The molecule has 1 aliphatic heterocycles. The van der Waals surface area contributed by atoms with Gasteiger partial charge in [-0.15, -0.1) is 0 Å². The Morgan fingerprint density at radius 1 is 1.38 bits per heavy atom. The fourth-order valence-corrected chi connectivity index (χ4v) is 4.69. The van der Waals surface area contributed by atoms with Crippen LogP contribution in [0, 0.1) is 11.8 Å². The van der Waals surface area contributed by atoms with Crippen molar-refractivity contribution in [1.29, 1.82) is 0 Å². The van der Waals surface area contributed by atoms with Crippen molar-refractivity contribution in [3.8, 4) is 0 Å². The molecule has 1 aliphatic carbocycles. The molecule has 3 atom stereocenters. The molecule has 3 unspecified atom stereocenters. The third kappa shape index (κ3) is 2.14. The summed E-state index contributed by atoms with van der Waals surface area (Å²) >= 11 is 1.90. The molecule has 3 N–H and O–H groups in total. The molecule has 94 valence electrons. The molecule has 1 heterocycles. The number of hydrogen-bond donors (Lipinski definition) is 2. The van der Waals surface area contributed by atoms with Crippen LogP contribution >= 0.6 is 11.8 Å². The van der Waals surface area contributed by atoms with Crippen molar-refractivity contribution in [2.24, 2.45) is 17.6 Å². The van der Waals surface area contributed by atoms with Crippen molar-refractivity contribution in [1.82, 2.24) is 0 Å². The van der Waals surface area contributed by atoms with Crippen molar-refractivity contribution in [3.05, 3.63) is 0 Å². The predicted molar refractivity (Wildman–Crippen MR) is 70.6 cm³/mol. The molecule has 2 rings (SSSR count). The molecule has 2 fully saturated rings. The summed E-state index contributed by atoms with van der Waals surface area (Å²) in [4.78, 5) is 0. The van der Waals surface area contributed by atoms with Crippen LogP contribution in [0.4, 0.5) is 0 Å². The molecule has 0 radical (unpaired) electrons. The van der Waals surface area contributed by atoms with Gasteiger partial charge in [-0.1, -0.05) is 20.3 Å². The summed E-state index contributed by atoms with van der Waals surface area (Å²) in [6.45, 7) is 4.53. The Hall–Kier alpha value is 0.270. The highest BCUT2D eigenvalue weighted by Gasteiger charge is 2.51. The smallest absolute Gasteiger partial charge is 0.0837 e. The lowest BCUT2D eigenvalue weighted by Gasteiger charge is -2.48. The van der Waals surface area contributed by atoms with E-state index in [4.69, 9.17) is 5.73 Å². The van der Waals surface area contributed by atoms with E-state index in [1.165, 1.54) is 6.42 Å². The first-order valence-electron chi connectivity index (χ1n) is 6.56. The molecule has 1 saturated heterocycles. The third-order valence-corrected chi connectivity index (χ3v) is 5.90. The Kier molecular flexibility index (Phi) is 3.58. The van der Waals surface area contributed by atoms with Crippen LogP contribution in [-0.2, 0) is 0 Å². The molecule has 0 bridgehead atoms. The second-order valence-corrected chi connectivity index (χ2v) is 7.20. The molecule has 16 heavy (non-hydrogen) atoms. The van der Waals surface area contributed by atoms with Crippen LogP contribution in [0.2, 0.25) is 0 Å². The van der Waals surface area contributed by atoms with Gasteiger partial charge in [0.05, 0.1) is 11.1 Å². The van der Waals surface area contributed by atoms with Crippen molar-refractivity contribution in [2.45, 2.75) is 57.1 Å². The van der Waals surface area contributed by atoms with Gasteiger partial charge in [0.1, 0.15) is 0 Å². The Labute approximate surface area is 103 Å². The van der Waals surface area contributed by atoms with Crippen molar-refractivity contribution >= 4 is 11.8 Å². The van der Waals surface area contributed by atoms with Crippen LogP contribution in [-0.4, -0.2) is 27.8 Å². The van der Waals surface area contributed by atoms with E-state index in [-0.39, 0.29) is 5.54 Å². The molecule has 2 nitrogen and oxygen atoms in total. The normalized spacial score (nSPS) is 45.2. The molecule has 0 aromatic rings. The maximum absolute atomic E-state index is 10.9. The standard InChI is InChI=1S/C13H25NOS/c1-10(2)11-4-3-5-13(15,8-11)12(14)6-7-16-9-12/h10-11,15H,3-9,14H2,1-2H3. The van der Waals surface area contributed by atoms with Crippen molar-refractivity contribution in [2.75, 3.05) is 11.5 Å². The predicted octanol–water partition coefficient (Wildman–Crippen LogP) is 2.40. The molecular weight excluding hydrogens is 218 g/mol. The van der Waals surface area contributed by atoms with Crippen LogP contribution < -0.4 is 5.73 Å². The zero-order chi connectivity index (χ0) is 11.8. The van der Waals surface area contributed by atoms with E-state index in [9.17, 15) is 5.11 Å². The van der Waals surface area contributed by atoms with E-state index in [0.29, 0.717) is 11.8 Å². The first-order chi connectivity index (χ1) is 7.47. The Morgan fingerprint density at radius 3 is 2.69 bits per heavy atom. The maximum Gasteiger partial charge on any atom is 0.0837 e. The van der Waals surface area contributed by atoms with Gasteiger partial charge in [0.2, 0.25) is 0 Å². The topological polar surface area (TPSA) is 46.2 Å². The van der Waals surface area contributed by atoms with Crippen LogP contribution in [0.25, 0.3) is 0 Å². The number of nitrogens with two attached hydrogens (primary N) is 1. The van der Waals surface area contributed by atoms with Crippen LogP contribution in [0.5, 0.6) is 0 Å². The molecule has 1 saturated carbocycles. The van der Waals surface area contributed by atoms with Crippen LogP contribution in [0.1, 0.15) is 46.0 Å². The van der Waals surface area contributed by atoms with Gasteiger partial charge in [0.15, 0.2) is 0 Å². The van der Waals surface area contributed by atoms with E-state index >= 15 is 0 Å². The maximum atomic E-state index is 10.9. The summed E-state index contributed by atoms with van der Waals surface area (Å²) in [7, 11) is 0. The molecular formula is C13H25NOS. The summed E-state index contributed by atoms with van der Waals surface area (Å²) in [6.07, 6.45) is 5.22. The average molecular weight is 243 g/mol. The molecule has 2 aliphatic rings. The Morgan fingerprint density at radius 2 is 2.12 bits per heavy atom. The van der Waals surface area contributed by atoms with Crippen molar-refractivity contribution < 1.29 is 5.11 Å². The van der Waals surface area contributed by atoms with Gasteiger partial charge in [-0.25, -0.2) is 0 Å². The summed E-state index contributed by atoms with van der Waals surface area (Å²) in [5.74, 6) is 3.38. The number of hydrogen-bond acceptors (Lipinski definition) is 3. The Balaban J connectivity index is 2.11. The average Bonchev–Trinajstić information content (AvgIpc) is 2.67. The van der Waals surface area contributed by atoms with Crippen LogP contribution in [0.15, 0.2) is 0 Å². The summed E-state index contributed by atoms with van der Waals surface area (Å²) in [5.41, 5.74) is 5.55. The monoisotopic (exact) mass is 243 g/mol. The molecule has 0 spiro atoms. The summed E-state index contributed by atoms with van der Waals surface area (Å²) in [5, 5.41) is 10.9. The second kappa shape index (κ2) is 4.51. The zero-order valence-corrected chi connectivity index (χ0v) is 11.4. The van der Waals surface area contributed by atoms with Gasteiger partial charge in [-0.2, -0.15) is 11.8 Å². The number of thioether (sulfide) groups is 1. The van der Waals surface area contributed by atoms with E-state index in [1.807, 2.05) is 11.8 Å². The number of aliphatic hydroxyl groups is 1. The summed E-state index contributed by atoms with van der Waals surface area (Å²) < 4.78 is 0. The highest BCUT2D eigenvalue weighted by molar-refractivity contribution is 7.99. The zero-order valence-electron chi connectivity index (χ0n) is 10.5. The quantitative estimate of drug-likeness (QED) is 0.783. The lowest BCUT2D eigenvalue weighted by molar-refractivity contribution is -0.0764. The first kappa shape index (κ1) is 12.7. The largest absolute Gasteiger partial charge is 0.388 e. The van der Waals surface area contributed by atoms with Gasteiger partial charge in [-0.05, 0) is 43.3 Å². The lowest BCUT2D eigenvalue weighted by atomic mass is 9.65. The van der Waals surface area contributed by atoms with Gasteiger partial charge in [0, 0.05) is 5.75 Å². The van der Waals surface area contributed by atoms with E-state index in [0.717, 1.165) is 37.2 Å². The molecule has 0 amide bonds. The van der Waals surface area contributed by atoms with E-state index in [1.54, 1.807) is 0 Å². The minimum Gasteiger partial charge on any atom is -0.388 e. The van der Waals surface area contributed by atoms with E-state index in [2.05, 4.69) is 13.8 Å². The SMILES string of the molecule is CC(C)C1CCCC(O)(C2(N)CCSC2)C1. The van der Waals surface area contributed by atoms with Gasteiger partial charge in [-0.3, -0.25) is 0 Å². The second-order valence-electron chi connectivity index (χ2n) is 6.09. The minimum absolute atomic E-state index is 0.314. The lowest BCUT2D eigenvalue weighted by Crippen LogP contribution is -2.62. The summed E-state index contributed by atoms with van der Waals surface area (Å²) in [6, 6.07) is 0. The third-order valence-electron chi connectivity index (χ3n) is 4.69.